The summed E-state index contributed by atoms with van der Waals surface area (Å²) in [5, 5.41) is 9.83. The summed E-state index contributed by atoms with van der Waals surface area (Å²) in [6.45, 7) is 2.11. The number of benzene rings is 1. The number of hydrogen-bond acceptors (Lipinski definition) is 1. The largest absolute Gasteiger partial charge is 0.388 e. The van der Waals surface area contributed by atoms with Crippen LogP contribution in [0.4, 0.5) is 0 Å². The third-order valence-electron chi connectivity index (χ3n) is 2.78. The maximum atomic E-state index is 9.83. The van der Waals surface area contributed by atoms with E-state index in [1.807, 2.05) is 18.2 Å². The quantitative estimate of drug-likeness (QED) is 0.620. The van der Waals surface area contributed by atoms with Crippen LogP contribution in [0.1, 0.15) is 30.6 Å². The Bertz CT molecular complexity index is 280. The number of aryl methyl sites for hydroxylation is 1. The van der Waals surface area contributed by atoms with Crippen LogP contribution in [0.2, 0.25) is 0 Å². The smallest absolute Gasteiger partial charge is 0.0818 e. The van der Waals surface area contributed by atoms with E-state index in [4.69, 9.17) is 0 Å². The Morgan fingerprint density at radius 1 is 1.33 bits per heavy atom. The van der Waals surface area contributed by atoms with Crippen LogP contribution in [0.3, 0.4) is 0 Å². The summed E-state index contributed by atoms with van der Waals surface area (Å²) in [4.78, 5) is 0. The highest BCUT2D eigenvalue weighted by molar-refractivity contribution is 5.31. The van der Waals surface area contributed by atoms with Gasteiger partial charge in [-0.3, -0.25) is 0 Å². The van der Waals surface area contributed by atoms with Gasteiger partial charge in [-0.05, 0) is 29.9 Å². The minimum Gasteiger partial charge on any atom is -0.388 e. The molecule has 0 aliphatic heterocycles. The molecule has 1 aliphatic rings. The lowest BCUT2D eigenvalue weighted by atomic mass is 9.83. The molecule has 0 saturated carbocycles. The fourth-order valence-corrected chi connectivity index (χ4v) is 1.90. The minimum atomic E-state index is -0.241. The maximum Gasteiger partial charge on any atom is 0.0818 e. The zero-order valence-corrected chi connectivity index (χ0v) is 7.33. The highest BCUT2D eigenvalue weighted by Gasteiger charge is 2.23. The number of aliphatic hydroxyl groups is 1. The zero-order valence-electron chi connectivity index (χ0n) is 7.33. The Hall–Kier alpha value is -0.820. The predicted octanol–water partition coefficient (Wildman–Crippen LogP) is 2.30. The molecule has 2 rings (SSSR count). The molecule has 1 heteroatoms. The van der Waals surface area contributed by atoms with Gasteiger partial charge in [-0.25, -0.2) is 0 Å². The van der Waals surface area contributed by atoms with E-state index in [1.165, 1.54) is 5.56 Å². The summed E-state index contributed by atoms with van der Waals surface area (Å²) in [6, 6.07) is 8.20. The third kappa shape index (κ3) is 1.14. The van der Waals surface area contributed by atoms with Crippen molar-refractivity contribution in [1.29, 1.82) is 0 Å². The predicted molar refractivity (Wildman–Crippen MR) is 48.9 cm³/mol. The van der Waals surface area contributed by atoms with Crippen molar-refractivity contribution in [2.45, 2.75) is 25.9 Å². The van der Waals surface area contributed by atoms with Crippen molar-refractivity contribution in [3.05, 3.63) is 35.4 Å². The van der Waals surface area contributed by atoms with Gasteiger partial charge in [-0.15, -0.1) is 0 Å². The molecule has 1 aliphatic carbocycles. The van der Waals surface area contributed by atoms with Crippen LogP contribution < -0.4 is 0 Å². The van der Waals surface area contributed by atoms with Gasteiger partial charge in [0.15, 0.2) is 0 Å². The molecule has 0 heterocycles. The molecule has 0 aromatic heterocycles. The van der Waals surface area contributed by atoms with Crippen molar-refractivity contribution in [2.24, 2.45) is 5.92 Å². The highest BCUT2D eigenvalue weighted by atomic mass is 16.3. The van der Waals surface area contributed by atoms with Crippen LogP contribution >= 0.6 is 0 Å². The van der Waals surface area contributed by atoms with E-state index in [-0.39, 0.29) is 6.10 Å². The van der Waals surface area contributed by atoms with E-state index in [1.54, 1.807) is 0 Å². The second kappa shape index (κ2) is 2.91. The first-order valence-electron chi connectivity index (χ1n) is 4.55. The lowest BCUT2D eigenvalue weighted by Gasteiger charge is -2.27. The molecule has 0 saturated heterocycles. The maximum absolute atomic E-state index is 9.83. The molecule has 0 unspecified atom stereocenters. The van der Waals surface area contributed by atoms with Crippen LogP contribution in [0.5, 0.6) is 0 Å². The van der Waals surface area contributed by atoms with E-state index in [0.717, 1.165) is 18.4 Å². The normalized spacial score (nSPS) is 28.2. The van der Waals surface area contributed by atoms with E-state index < -0.39 is 0 Å². The molecule has 0 bridgehead atoms. The molecule has 1 nitrogen and oxygen atoms in total. The van der Waals surface area contributed by atoms with Crippen molar-refractivity contribution in [1.82, 2.24) is 0 Å². The summed E-state index contributed by atoms with van der Waals surface area (Å²) in [5.41, 5.74) is 2.46. The van der Waals surface area contributed by atoms with Crippen LogP contribution in [0.15, 0.2) is 24.3 Å². The first kappa shape index (κ1) is 7.81. The molecule has 1 aromatic carbocycles. The lowest BCUT2D eigenvalue weighted by Crippen LogP contribution is -2.17. The summed E-state index contributed by atoms with van der Waals surface area (Å²) in [6.07, 6.45) is 1.99. The average molecular weight is 162 g/mol. The average Bonchev–Trinajstić information content (AvgIpc) is 2.12. The van der Waals surface area contributed by atoms with Crippen LogP contribution in [0, 0.1) is 5.92 Å². The molecular weight excluding hydrogens is 148 g/mol. The van der Waals surface area contributed by atoms with Crippen LogP contribution in [-0.2, 0) is 6.42 Å². The van der Waals surface area contributed by atoms with Crippen molar-refractivity contribution < 1.29 is 5.11 Å². The number of rotatable bonds is 0. The van der Waals surface area contributed by atoms with Crippen molar-refractivity contribution in [2.75, 3.05) is 0 Å². The molecule has 0 fully saturated rings. The zero-order chi connectivity index (χ0) is 8.55. The SMILES string of the molecule is C[C@H]1CCc2ccccc2[C@H]1O. The fourth-order valence-electron chi connectivity index (χ4n) is 1.90. The molecule has 0 radical (unpaired) electrons. The Balaban J connectivity index is 2.42. The molecule has 1 N–H and O–H groups in total. The van der Waals surface area contributed by atoms with Gasteiger partial charge in [0.1, 0.15) is 0 Å². The molecule has 1 aromatic rings. The van der Waals surface area contributed by atoms with Gasteiger partial charge in [-0.1, -0.05) is 31.2 Å². The van der Waals surface area contributed by atoms with Crippen molar-refractivity contribution >= 4 is 0 Å². The summed E-state index contributed by atoms with van der Waals surface area (Å²) in [7, 11) is 0. The molecule has 12 heavy (non-hydrogen) atoms. The second-order valence-corrected chi connectivity index (χ2v) is 3.66. The Morgan fingerprint density at radius 2 is 2.08 bits per heavy atom. The minimum absolute atomic E-state index is 0.241. The third-order valence-corrected chi connectivity index (χ3v) is 2.78. The van der Waals surface area contributed by atoms with Crippen LogP contribution in [-0.4, -0.2) is 5.11 Å². The first-order chi connectivity index (χ1) is 5.79. The van der Waals surface area contributed by atoms with E-state index in [0.29, 0.717) is 5.92 Å². The number of hydrogen-bond donors (Lipinski definition) is 1. The first-order valence-corrected chi connectivity index (χ1v) is 4.55. The lowest BCUT2D eigenvalue weighted by molar-refractivity contribution is 0.104. The standard InChI is InChI=1S/C11H14O/c1-8-6-7-9-4-2-3-5-10(9)11(8)12/h2-5,8,11-12H,6-7H2,1H3/t8-,11-/m0/s1. The number of fused-ring (bicyclic) bond motifs is 1. The highest BCUT2D eigenvalue weighted by Crippen LogP contribution is 2.33. The number of aliphatic hydroxyl groups excluding tert-OH is 1. The Morgan fingerprint density at radius 3 is 2.92 bits per heavy atom. The fraction of sp³-hybridized carbons (Fsp3) is 0.455. The van der Waals surface area contributed by atoms with Gasteiger partial charge in [0.25, 0.3) is 0 Å². The van der Waals surface area contributed by atoms with Crippen molar-refractivity contribution in [3.63, 3.8) is 0 Å². The van der Waals surface area contributed by atoms with Gasteiger partial charge >= 0.3 is 0 Å². The summed E-state index contributed by atoms with van der Waals surface area (Å²) >= 11 is 0. The van der Waals surface area contributed by atoms with Gasteiger partial charge in [0.2, 0.25) is 0 Å². The molecular formula is C11H14O. The molecule has 0 amide bonds. The van der Waals surface area contributed by atoms with E-state index in [2.05, 4.69) is 13.0 Å². The van der Waals surface area contributed by atoms with Gasteiger partial charge in [0, 0.05) is 0 Å². The molecule has 64 valence electrons. The van der Waals surface area contributed by atoms with E-state index in [9.17, 15) is 5.11 Å². The Kier molecular flexibility index (Phi) is 1.89. The van der Waals surface area contributed by atoms with Gasteiger partial charge < -0.3 is 5.11 Å². The topological polar surface area (TPSA) is 20.2 Å². The summed E-state index contributed by atoms with van der Waals surface area (Å²) in [5.74, 6) is 0.417. The van der Waals surface area contributed by atoms with Gasteiger partial charge in [0.05, 0.1) is 6.10 Å². The monoisotopic (exact) mass is 162 g/mol. The Labute approximate surface area is 73.0 Å². The second-order valence-electron chi connectivity index (χ2n) is 3.66. The molecule has 2 atom stereocenters. The van der Waals surface area contributed by atoms with Crippen molar-refractivity contribution in [3.8, 4) is 0 Å². The molecule has 0 spiro atoms. The van der Waals surface area contributed by atoms with Crippen LogP contribution in [0.25, 0.3) is 0 Å². The summed E-state index contributed by atoms with van der Waals surface area (Å²) < 4.78 is 0. The van der Waals surface area contributed by atoms with E-state index >= 15 is 0 Å². The van der Waals surface area contributed by atoms with Gasteiger partial charge in [-0.2, -0.15) is 0 Å².